The number of rotatable bonds is 5. The predicted molar refractivity (Wildman–Crippen MR) is 113 cm³/mol. The van der Waals surface area contributed by atoms with Gasteiger partial charge < -0.3 is 16.4 Å². The maximum atomic E-state index is 12.0. The average Bonchev–Trinajstić information content (AvgIpc) is 3.54. The maximum Gasteiger partial charge on any atom is 0.253 e. The minimum Gasteiger partial charge on any atom is -0.383 e. The third-order valence-corrected chi connectivity index (χ3v) is 5.15. The Morgan fingerprint density at radius 2 is 1.90 bits per heavy atom. The SMILES string of the molecule is Cc1ccncc1-c1cc2cc(Nc3c(NC4CC4)c(=O)c3=O)ncc2c(N)n1. The zero-order valence-electron chi connectivity index (χ0n) is 15.7. The Morgan fingerprint density at radius 1 is 1.10 bits per heavy atom. The standard InChI is InChI=1S/C21H18N6O2/c1-10-4-5-23-8-13(10)15-6-11-7-16(24-9-14(11)21(22)26-15)27-18-17(19(28)20(18)29)25-12-2-3-12/h4-9,12,25H,2-3H2,1H3,(H2,22,26)(H,24,27). The highest BCUT2D eigenvalue weighted by molar-refractivity contribution is 5.95. The normalized spacial score (nSPS) is 13.7. The van der Waals surface area contributed by atoms with Gasteiger partial charge in [-0.15, -0.1) is 0 Å². The van der Waals surface area contributed by atoms with Gasteiger partial charge in [0.05, 0.1) is 5.69 Å². The third-order valence-electron chi connectivity index (χ3n) is 5.15. The Hall–Kier alpha value is -3.81. The molecule has 0 radical (unpaired) electrons. The van der Waals surface area contributed by atoms with Crippen LogP contribution in [0.5, 0.6) is 0 Å². The molecule has 5 rings (SSSR count). The Kier molecular flexibility index (Phi) is 3.80. The first-order valence-corrected chi connectivity index (χ1v) is 9.35. The van der Waals surface area contributed by atoms with Crippen LogP contribution in [0, 0.1) is 6.92 Å². The van der Waals surface area contributed by atoms with E-state index in [2.05, 4.69) is 25.6 Å². The summed E-state index contributed by atoms with van der Waals surface area (Å²) in [6, 6.07) is 5.89. The van der Waals surface area contributed by atoms with Gasteiger partial charge in [0.1, 0.15) is 23.0 Å². The van der Waals surface area contributed by atoms with Crippen molar-refractivity contribution < 1.29 is 0 Å². The molecule has 29 heavy (non-hydrogen) atoms. The molecule has 0 saturated heterocycles. The van der Waals surface area contributed by atoms with Gasteiger partial charge in [-0.1, -0.05) is 0 Å². The molecule has 4 N–H and O–H groups in total. The number of nitrogens with two attached hydrogens (primary N) is 1. The van der Waals surface area contributed by atoms with Crippen molar-refractivity contribution >= 4 is 33.8 Å². The van der Waals surface area contributed by atoms with Gasteiger partial charge in [0.15, 0.2) is 0 Å². The van der Waals surface area contributed by atoms with Crippen molar-refractivity contribution in [1.82, 2.24) is 15.0 Å². The summed E-state index contributed by atoms with van der Waals surface area (Å²) < 4.78 is 0. The molecule has 8 nitrogen and oxygen atoms in total. The summed E-state index contributed by atoms with van der Waals surface area (Å²) >= 11 is 0. The lowest BCUT2D eigenvalue weighted by Crippen LogP contribution is -2.37. The molecule has 1 saturated carbocycles. The van der Waals surface area contributed by atoms with Crippen molar-refractivity contribution in [1.29, 1.82) is 0 Å². The van der Waals surface area contributed by atoms with E-state index in [4.69, 9.17) is 5.73 Å². The van der Waals surface area contributed by atoms with Gasteiger partial charge in [-0.05, 0) is 48.9 Å². The molecule has 3 heterocycles. The zero-order chi connectivity index (χ0) is 20.1. The fraction of sp³-hybridized carbons (Fsp3) is 0.190. The minimum atomic E-state index is -0.532. The van der Waals surface area contributed by atoms with Crippen LogP contribution in [0.2, 0.25) is 0 Å². The quantitative estimate of drug-likeness (QED) is 0.447. The number of anilines is 4. The van der Waals surface area contributed by atoms with Crippen molar-refractivity contribution in [2.24, 2.45) is 0 Å². The molecular formula is C21H18N6O2. The van der Waals surface area contributed by atoms with Crippen LogP contribution in [-0.2, 0) is 0 Å². The lowest BCUT2D eigenvalue weighted by molar-refractivity contribution is 1.13. The number of hydrogen-bond donors (Lipinski definition) is 3. The van der Waals surface area contributed by atoms with E-state index < -0.39 is 10.9 Å². The molecule has 144 valence electrons. The Bertz CT molecular complexity index is 1340. The fourth-order valence-corrected chi connectivity index (χ4v) is 3.32. The van der Waals surface area contributed by atoms with E-state index in [0.717, 1.165) is 29.4 Å². The predicted octanol–water partition coefficient (Wildman–Crippen LogP) is 2.50. The Labute approximate surface area is 165 Å². The molecule has 1 aliphatic carbocycles. The number of hydrogen-bond acceptors (Lipinski definition) is 8. The summed E-state index contributed by atoms with van der Waals surface area (Å²) in [7, 11) is 0. The molecule has 0 aliphatic heterocycles. The molecular weight excluding hydrogens is 368 g/mol. The van der Waals surface area contributed by atoms with Crippen molar-refractivity contribution in [3.05, 3.63) is 62.8 Å². The highest BCUT2D eigenvalue weighted by Gasteiger charge is 2.28. The van der Waals surface area contributed by atoms with E-state index in [-0.39, 0.29) is 11.7 Å². The smallest absolute Gasteiger partial charge is 0.253 e. The number of aryl methyl sites for hydroxylation is 1. The molecule has 0 atom stereocenters. The van der Waals surface area contributed by atoms with Gasteiger partial charge in [0.25, 0.3) is 10.9 Å². The second kappa shape index (κ2) is 6.37. The Morgan fingerprint density at radius 3 is 2.66 bits per heavy atom. The largest absolute Gasteiger partial charge is 0.383 e. The summed E-state index contributed by atoms with van der Waals surface area (Å²) in [5, 5.41) is 7.63. The molecule has 3 aromatic heterocycles. The van der Waals surface area contributed by atoms with Crippen LogP contribution in [0.4, 0.5) is 23.0 Å². The molecule has 1 fully saturated rings. The van der Waals surface area contributed by atoms with Crippen molar-refractivity contribution in [3.63, 3.8) is 0 Å². The summed E-state index contributed by atoms with van der Waals surface area (Å²) in [6.45, 7) is 1.98. The van der Waals surface area contributed by atoms with Gasteiger partial charge in [-0.3, -0.25) is 14.6 Å². The van der Waals surface area contributed by atoms with Crippen LogP contribution in [0.25, 0.3) is 22.0 Å². The van der Waals surface area contributed by atoms with Crippen LogP contribution in [0.15, 0.2) is 46.4 Å². The molecule has 4 aromatic rings. The van der Waals surface area contributed by atoms with E-state index in [1.807, 2.05) is 19.1 Å². The van der Waals surface area contributed by atoms with Crippen molar-refractivity contribution in [2.45, 2.75) is 25.8 Å². The first-order valence-electron chi connectivity index (χ1n) is 9.35. The van der Waals surface area contributed by atoms with E-state index in [0.29, 0.717) is 28.4 Å². The fourth-order valence-electron chi connectivity index (χ4n) is 3.32. The van der Waals surface area contributed by atoms with Gasteiger partial charge in [0.2, 0.25) is 0 Å². The second-order valence-corrected chi connectivity index (χ2v) is 7.33. The Balaban J connectivity index is 1.53. The van der Waals surface area contributed by atoms with Crippen LogP contribution in [0.3, 0.4) is 0 Å². The summed E-state index contributed by atoms with van der Waals surface area (Å²) in [5.74, 6) is 0.827. The molecule has 0 amide bonds. The summed E-state index contributed by atoms with van der Waals surface area (Å²) in [6.07, 6.45) is 7.11. The first-order chi connectivity index (χ1) is 14.0. The summed E-state index contributed by atoms with van der Waals surface area (Å²) in [4.78, 5) is 36.8. The van der Waals surface area contributed by atoms with Gasteiger partial charge >= 0.3 is 0 Å². The van der Waals surface area contributed by atoms with E-state index in [9.17, 15) is 9.59 Å². The highest BCUT2D eigenvalue weighted by atomic mass is 16.2. The summed E-state index contributed by atoms with van der Waals surface area (Å²) in [5.41, 5.74) is 8.39. The first kappa shape index (κ1) is 17.3. The second-order valence-electron chi connectivity index (χ2n) is 7.33. The number of pyridine rings is 3. The number of fused-ring (bicyclic) bond motifs is 1. The van der Waals surface area contributed by atoms with Gasteiger partial charge in [0, 0.05) is 35.6 Å². The zero-order valence-corrected chi connectivity index (χ0v) is 15.7. The van der Waals surface area contributed by atoms with Gasteiger partial charge in [-0.25, -0.2) is 9.97 Å². The lowest BCUT2D eigenvalue weighted by atomic mass is 10.1. The van der Waals surface area contributed by atoms with E-state index in [1.165, 1.54) is 0 Å². The van der Waals surface area contributed by atoms with E-state index in [1.54, 1.807) is 24.7 Å². The lowest BCUT2D eigenvalue weighted by Gasteiger charge is -2.14. The molecule has 0 spiro atoms. The monoisotopic (exact) mass is 386 g/mol. The molecule has 1 aromatic carbocycles. The molecule has 1 aliphatic rings. The van der Waals surface area contributed by atoms with Crippen LogP contribution in [-0.4, -0.2) is 21.0 Å². The number of aromatic nitrogens is 3. The van der Waals surface area contributed by atoms with Crippen LogP contribution >= 0.6 is 0 Å². The highest BCUT2D eigenvalue weighted by Crippen LogP contribution is 2.31. The number of nitrogens with one attached hydrogen (secondary N) is 2. The minimum absolute atomic E-state index is 0.263. The van der Waals surface area contributed by atoms with Crippen LogP contribution in [0.1, 0.15) is 18.4 Å². The van der Waals surface area contributed by atoms with E-state index >= 15 is 0 Å². The molecule has 0 unspecified atom stereocenters. The molecule has 0 bridgehead atoms. The topological polar surface area (TPSA) is 123 Å². The van der Waals surface area contributed by atoms with Crippen molar-refractivity contribution in [3.8, 4) is 11.3 Å². The van der Waals surface area contributed by atoms with Crippen LogP contribution < -0.4 is 27.2 Å². The van der Waals surface area contributed by atoms with Gasteiger partial charge in [-0.2, -0.15) is 0 Å². The number of nitrogens with zero attached hydrogens (tertiary/aromatic N) is 3. The molecule has 8 heteroatoms. The average molecular weight is 386 g/mol. The van der Waals surface area contributed by atoms with Crippen molar-refractivity contribution in [2.75, 3.05) is 16.4 Å². The number of nitrogen functional groups attached to an aromatic ring is 1. The maximum absolute atomic E-state index is 12.0. The third kappa shape index (κ3) is 2.98.